The molecule has 90 valence electrons. The molecular formula is C11H12N3OS2-. The molecule has 0 unspecified atom stereocenters. The molecule has 1 aliphatic rings. The van der Waals surface area contributed by atoms with Crippen LogP contribution < -0.4 is 5.73 Å². The number of ether oxygens (including phenoxy) is 1. The Morgan fingerprint density at radius 3 is 2.94 bits per heavy atom. The molecule has 0 bridgehead atoms. The number of rotatable bonds is 0. The third-order valence-corrected chi connectivity index (χ3v) is 4.22. The Bertz CT molecular complexity index is 606. The van der Waals surface area contributed by atoms with Crippen LogP contribution in [0.25, 0.3) is 10.2 Å². The van der Waals surface area contributed by atoms with E-state index in [9.17, 15) is 0 Å². The summed E-state index contributed by atoms with van der Waals surface area (Å²) >= 11 is 6.59. The fourth-order valence-electron chi connectivity index (χ4n) is 2.15. The molecule has 0 atom stereocenters. The monoisotopic (exact) mass is 266 g/mol. The third kappa shape index (κ3) is 1.76. The van der Waals surface area contributed by atoms with Crippen LogP contribution in [-0.2, 0) is 30.4 Å². The first kappa shape index (κ1) is 11.1. The van der Waals surface area contributed by atoms with Gasteiger partial charge in [-0.05, 0) is 19.4 Å². The van der Waals surface area contributed by atoms with Crippen LogP contribution >= 0.6 is 11.3 Å². The van der Waals surface area contributed by atoms with Gasteiger partial charge in [0.05, 0.1) is 17.6 Å². The van der Waals surface area contributed by atoms with E-state index < -0.39 is 0 Å². The van der Waals surface area contributed by atoms with Gasteiger partial charge in [0, 0.05) is 16.5 Å². The molecule has 0 aliphatic carbocycles. The number of hydrogen-bond acceptors (Lipinski definition) is 6. The Labute approximate surface area is 109 Å². The number of hydrogen-bond donors (Lipinski definition) is 1. The summed E-state index contributed by atoms with van der Waals surface area (Å²) in [4.78, 5) is 10.4. The van der Waals surface area contributed by atoms with Gasteiger partial charge in [0.1, 0.15) is 10.6 Å². The summed E-state index contributed by atoms with van der Waals surface area (Å²) < 4.78 is 5.79. The lowest BCUT2D eigenvalue weighted by atomic mass is 9.94. The van der Waals surface area contributed by atoms with E-state index >= 15 is 0 Å². The van der Waals surface area contributed by atoms with Gasteiger partial charge in [-0.2, -0.15) is 0 Å². The number of aromatic nitrogens is 2. The molecule has 0 radical (unpaired) electrons. The maximum Gasteiger partial charge on any atom is 0.133 e. The minimum Gasteiger partial charge on any atom is -0.740 e. The summed E-state index contributed by atoms with van der Waals surface area (Å²) in [5.74, 6) is 0.496. The Morgan fingerprint density at radius 2 is 2.18 bits per heavy atom. The van der Waals surface area contributed by atoms with Gasteiger partial charge in [-0.25, -0.2) is 9.97 Å². The van der Waals surface area contributed by atoms with Crippen molar-refractivity contribution in [3.8, 4) is 0 Å². The number of thiophene rings is 1. The highest BCUT2D eigenvalue weighted by molar-refractivity contribution is 7.58. The van der Waals surface area contributed by atoms with E-state index in [0.717, 1.165) is 16.6 Å². The Morgan fingerprint density at radius 1 is 1.41 bits per heavy atom. The predicted octanol–water partition coefficient (Wildman–Crippen LogP) is 2.03. The summed E-state index contributed by atoms with van der Waals surface area (Å²) in [5.41, 5.74) is 7.04. The van der Waals surface area contributed by atoms with E-state index in [4.69, 9.17) is 23.1 Å². The predicted molar refractivity (Wildman–Crippen MR) is 70.0 cm³/mol. The van der Waals surface area contributed by atoms with E-state index in [1.807, 2.05) is 0 Å². The lowest BCUT2D eigenvalue weighted by Crippen LogP contribution is -2.31. The van der Waals surface area contributed by atoms with Crippen molar-refractivity contribution in [2.75, 3.05) is 5.73 Å². The fourth-order valence-corrected chi connectivity index (χ4v) is 3.51. The van der Waals surface area contributed by atoms with Gasteiger partial charge in [0.2, 0.25) is 0 Å². The molecule has 17 heavy (non-hydrogen) atoms. The van der Waals surface area contributed by atoms with Crippen molar-refractivity contribution in [2.24, 2.45) is 0 Å². The van der Waals surface area contributed by atoms with Crippen molar-refractivity contribution >= 4 is 40.0 Å². The van der Waals surface area contributed by atoms with E-state index in [1.165, 1.54) is 10.4 Å². The molecule has 6 heteroatoms. The Kier molecular flexibility index (Phi) is 2.30. The number of nitrogen functional groups attached to an aromatic ring is 1. The number of fused-ring (bicyclic) bond motifs is 3. The molecule has 3 heterocycles. The quantitative estimate of drug-likeness (QED) is 0.584. The smallest absolute Gasteiger partial charge is 0.133 e. The summed E-state index contributed by atoms with van der Waals surface area (Å²) in [5, 5.41) is 1.28. The summed E-state index contributed by atoms with van der Waals surface area (Å²) in [7, 11) is 0. The van der Waals surface area contributed by atoms with Gasteiger partial charge < -0.3 is 23.1 Å². The van der Waals surface area contributed by atoms with Crippen molar-refractivity contribution in [3.05, 3.63) is 10.4 Å². The van der Waals surface area contributed by atoms with Crippen molar-refractivity contribution < 1.29 is 4.74 Å². The number of nitrogens with zero attached hydrogens (tertiary/aromatic N) is 2. The first-order valence-corrected chi connectivity index (χ1v) is 6.57. The average Bonchev–Trinajstić information content (AvgIpc) is 2.53. The molecule has 0 spiro atoms. The average molecular weight is 266 g/mol. The highest BCUT2D eigenvalue weighted by Crippen LogP contribution is 2.39. The lowest BCUT2D eigenvalue weighted by Gasteiger charge is -2.30. The molecule has 0 amide bonds. The molecule has 0 fully saturated rings. The third-order valence-electron chi connectivity index (χ3n) is 2.94. The van der Waals surface area contributed by atoms with Crippen molar-refractivity contribution in [1.82, 2.24) is 9.97 Å². The minimum absolute atomic E-state index is 0.153. The van der Waals surface area contributed by atoms with E-state index in [-0.39, 0.29) is 5.60 Å². The number of anilines is 1. The zero-order chi connectivity index (χ0) is 12.2. The molecule has 0 aromatic carbocycles. The highest BCUT2D eigenvalue weighted by atomic mass is 32.1. The zero-order valence-electron chi connectivity index (χ0n) is 9.61. The van der Waals surface area contributed by atoms with Crippen LogP contribution in [0, 0.1) is 0 Å². The molecule has 0 saturated heterocycles. The molecular weight excluding hydrogens is 254 g/mol. The Hall–Kier alpha value is -0.980. The van der Waals surface area contributed by atoms with Crippen LogP contribution in [0.2, 0.25) is 0 Å². The second kappa shape index (κ2) is 3.51. The van der Waals surface area contributed by atoms with Crippen molar-refractivity contribution in [2.45, 2.75) is 37.6 Å². The zero-order valence-corrected chi connectivity index (χ0v) is 11.2. The molecule has 2 N–H and O–H groups in total. The maximum atomic E-state index is 5.96. The van der Waals surface area contributed by atoms with Gasteiger partial charge in [-0.15, -0.1) is 11.3 Å². The molecule has 2 aromatic heterocycles. The van der Waals surface area contributed by atoms with Gasteiger partial charge in [-0.3, -0.25) is 0 Å². The van der Waals surface area contributed by atoms with Crippen LogP contribution in [-0.4, -0.2) is 15.6 Å². The Balaban J connectivity index is 2.28. The lowest BCUT2D eigenvalue weighted by molar-refractivity contribution is -0.0379. The minimum atomic E-state index is -0.153. The number of nitrogens with two attached hydrogens (primary N) is 1. The van der Waals surface area contributed by atoms with Gasteiger partial charge >= 0.3 is 0 Å². The van der Waals surface area contributed by atoms with E-state index in [0.29, 0.717) is 17.6 Å². The van der Waals surface area contributed by atoms with Crippen molar-refractivity contribution in [3.63, 3.8) is 0 Å². The van der Waals surface area contributed by atoms with Crippen LogP contribution in [0.1, 0.15) is 24.3 Å². The van der Waals surface area contributed by atoms with Crippen LogP contribution in [0.15, 0.2) is 5.16 Å². The van der Waals surface area contributed by atoms with E-state index in [1.54, 1.807) is 11.3 Å². The van der Waals surface area contributed by atoms with Crippen molar-refractivity contribution in [1.29, 1.82) is 0 Å². The standard InChI is InChI=1S/C11H13N3OS2/c1-11(2)3-5-6(4-15-11)17-9-7(5)8(12)13-10(16)14-9/h3-4H2,1-2H3,(H3,12,13,14,16)/p-1. The normalized spacial score (nSPS) is 18.2. The highest BCUT2D eigenvalue weighted by Gasteiger charge is 2.30. The largest absolute Gasteiger partial charge is 0.740 e. The molecule has 3 rings (SSSR count). The SMILES string of the molecule is CC1(C)Cc2c(sc3nc([S-])nc(N)c23)CO1. The fraction of sp³-hybridized carbons (Fsp3) is 0.455. The van der Waals surface area contributed by atoms with Crippen LogP contribution in [0.3, 0.4) is 0 Å². The van der Waals surface area contributed by atoms with Gasteiger partial charge in [0.15, 0.2) is 0 Å². The maximum absolute atomic E-state index is 5.96. The van der Waals surface area contributed by atoms with Crippen LogP contribution in [0.5, 0.6) is 0 Å². The second-order valence-corrected chi connectivity index (χ2v) is 6.25. The topological polar surface area (TPSA) is 61.0 Å². The first-order chi connectivity index (χ1) is 7.96. The second-order valence-electron chi connectivity index (χ2n) is 4.80. The van der Waals surface area contributed by atoms with Crippen LogP contribution in [0.4, 0.5) is 5.82 Å². The molecule has 0 saturated carbocycles. The molecule has 1 aliphatic heterocycles. The summed E-state index contributed by atoms with van der Waals surface area (Å²) in [6.07, 6.45) is 0.840. The molecule has 2 aromatic rings. The van der Waals surface area contributed by atoms with Gasteiger partial charge in [0.25, 0.3) is 0 Å². The van der Waals surface area contributed by atoms with Gasteiger partial charge in [-0.1, -0.05) is 0 Å². The molecule has 4 nitrogen and oxygen atoms in total. The summed E-state index contributed by atoms with van der Waals surface area (Å²) in [6, 6.07) is 0. The summed E-state index contributed by atoms with van der Waals surface area (Å²) in [6.45, 7) is 4.78. The van der Waals surface area contributed by atoms with E-state index in [2.05, 4.69) is 23.8 Å². The first-order valence-electron chi connectivity index (χ1n) is 5.35.